The van der Waals surface area contributed by atoms with Crippen LogP contribution in [0.15, 0.2) is 12.3 Å². The van der Waals surface area contributed by atoms with Crippen molar-refractivity contribution in [3.8, 4) is 6.07 Å². The Bertz CT molecular complexity index is 420. The molecule has 0 amide bonds. The SMILES string of the molecule is Cc1ccnc(N2CCCC(C)C2)c1C#N. The van der Waals surface area contributed by atoms with Gasteiger partial charge in [0.2, 0.25) is 0 Å². The molecule has 0 radical (unpaired) electrons. The molecular formula is C13H17N3. The summed E-state index contributed by atoms with van der Waals surface area (Å²) >= 11 is 0. The smallest absolute Gasteiger partial charge is 0.146 e. The molecule has 1 saturated heterocycles. The number of anilines is 1. The van der Waals surface area contributed by atoms with Crippen LogP contribution in [0.25, 0.3) is 0 Å². The third-order valence-electron chi connectivity index (χ3n) is 3.21. The minimum Gasteiger partial charge on any atom is -0.355 e. The summed E-state index contributed by atoms with van der Waals surface area (Å²) in [4.78, 5) is 6.62. The van der Waals surface area contributed by atoms with Gasteiger partial charge in [0.25, 0.3) is 0 Å². The quantitative estimate of drug-likeness (QED) is 0.722. The van der Waals surface area contributed by atoms with E-state index in [1.807, 2.05) is 13.0 Å². The van der Waals surface area contributed by atoms with Crippen LogP contribution in [0.4, 0.5) is 5.82 Å². The second kappa shape index (κ2) is 4.52. The van der Waals surface area contributed by atoms with Crippen molar-refractivity contribution in [1.29, 1.82) is 5.26 Å². The molecule has 1 atom stereocenters. The van der Waals surface area contributed by atoms with Crippen molar-refractivity contribution in [3.63, 3.8) is 0 Å². The molecule has 2 heterocycles. The Hall–Kier alpha value is -1.56. The van der Waals surface area contributed by atoms with E-state index in [-0.39, 0.29) is 0 Å². The Morgan fingerprint density at radius 3 is 3.06 bits per heavy atom. The van der Waals surface area contributed by atoms with E-state index in [2.05, 4.69) is 22.9 Å². The molecular weight excluding hydrogens is 198 g/mol. The Morgan fingerprint density at radius 2 is 2.38 bits per heavy atom. The van der Waals surface area contributed by atoms with Crippen LogP contribution in [0.2, 0.25) is 0 Å². The lowest BCUT2D eigenvalue weighted by molar-refractivity contribution is 0.444. The summed E-state index contributed by atoms with van der Waals surface area (Å²) in [7, 11) is 0. The molecule has 16 heavy (non-hydrogen) atoms. The molecule has 1 aromatic heterocycles. The van der Waals surface area contributed by atoms with Crippen molar-refractivity contribution in [2.75, 3.05) is 18.0 Å². The van der Waals surface area contributed by atoms with Crippen LogP contribution in [0, 0.1) is 24.2 Å². The number of hydrogen-bond acceptors (Lipinski definition) is 3. The zero-order valence-electron chi connectivity index (χ0n) is 9.90. The molecule has 0 N–H and O–H groups in total. The van der Waals surface area contributed by atoms with Crippen molar-refractivity contribution in [3.05, 3.63) is 23.4 Å². The molecule has 1 unspecified atom stereocenters. The average Bonchev–Trinajstić information content (AvgIpc) is 2.28. The summed E-state index contributed by atoms with van der Waals surface area (Å²) in [6.45, 7) is 6.27. The zero-order chi connectivity index (χ0) is 11.5. The lowest BCUT2D eigenvalue weighted by Gasteiger charge is -2.32. The second-order valence-corrected chi connectivity index (χ2v) is 4.63. The zero-order valence-corrected chi connectivity index (χ0v) is 9.90. The third-order valence-corrected chi connectivity index (χ3v) is 3.21. The molecule has 1 aliphatic rings. The number of aromatic nitrogens is 1. The highest BCUT2D eigenvalue weighted by Crippen LogP contribution is 2.25. The highest BCUT2D eigenvalue weighted by atomic mass is 15.2. The average molecular weight is 215 g/mol. The fraction of sp³-hybridized carbons (Fsp3) is 0.538. The lowest BCUT2D eigenvalue weighted by Crippen LogP contribution is -2.35. The van der Waals surface area contributed by atoms with E-state index < -0.39 is 0 Å². The summed E-state index contributed by atoms with van der Waals surface area (Å²) < 4.78 is 0. The summed E-state index contributed by atoms with van der Waals surface area (Å²) in [5, 5.41) is 9.18. The molecule has 1 fully saturated rings. The van der Waals surface area contributed by atoms with Gasteiger partial charge in [-0.3, -0.25) is 0 Å². The molecule has 1 aromatic rings. The second-order valence-electron chi connectivity index (χ2n) is 4.63. The van der Waals surface area contributed by atoms with Gasteiger partial charge in [-0.2, -0.15) is 5.26 Å². The van der Waals surface area contributed by atoms with Gasteiger partial charge in [0.1, 0.15) is 11.9 Å². The topological polar surface area (TPSA) is 39.9 Å². The number of nitrogens with zero attached hydrogens (tertiary/aromatic N) is 3. The van der Waals surface area contributed by atoms with Gasteiger partial charge in [-0.1, -0.05) is 6.92 Å². The van der Waals surface area contributed by atoms with Crippen LogP contribution >= 0.6 is 0 Å². The first-order valence-corrected chi connectivity index (χ1v) is 5.83. The molecule has 0 saturated carbocycles. The van der Waals surface area contributed by atoms with E-state index in [0.29, 0.717) is 5.92 Å². The van der Waals surface area contributed by atoms with Crippen molar-refractivity contribution in [2.24, 2.45) is 5.92 Å². The van der Waals surface area contributed by atoms with Crippen molar-refractivity contribution in [1.82, 2.24) is 4.98 Å². The number of aryl methyl sites for hydroxylation is 1. The molecule has 0 spiro atoms. The third kappa shape index (κ3) is 2.01. The minimum absolute atomic E-state index is 0.697. The molecule has 1 aliphatic heterocycles. The van der Waals surface area contributed by atoms with Gasteiger partial charge < -0.3 is 4.90 Å². The van der Waals surface area contributed by atoms with E-state index in [4.69, 9.17) is 0 Å². The molecule has 3 nitrogen and oxygen atoms in total. The molecule has 3 heteroatoms. The molecule has 2 rings (SSSR count). The summed E-state index contributed by atoms with van der Waals surface area (Å²) in [6.07, 6.45) is 4.27. The van der Waals surface area contributed by atoms with Crippen molar-refractivity contribution >= 4 is 5.82 Å². The number of hydrogen-bond donors (Lipinski definition) is 0. The Labute approximate surface area is 96.7 Å². The predicted molar refractivity (Wildman–Crippen MR) is 64.3 cm³/mol. The highest BCUT2D eigenvalue weighted by Gasteiger charge is 2.20. The predicted octanol–water partition coefficient (Wildman–Crippen LogP) is 2.50. The van der Waals surface area contributed by atoms with Gasteiger partial charge >= 0.3 is 0 Å². The van der Waals surface area contributed by atoms with Gasteiger partial charge in [-0.05, 0) is 37.3 Å². The Balaban J connectivity index is 2.33. The van der Waals surface area contributed by atoms with Crippen molar-refractivity contribution < 1.29 is 0 Å². The van der Waals surface area contributed by atoms with E-state index >= 15 is 0 Å². The standard InChI is InChI=1S/C13H17N3/c1-10-4-3-7-16(9-10)13-12(8-14)11(2)5-6-15-13/h5-6,10H,3-4,7,9H2,1-2H3. The highest BCUT2D eigenvalue weighted by molar-refractivity contribution is 5.57. The van der Waals surface area contributed by atoms with Crippen LogP contribution in [0.3, 0.4) is 0 Å². The number of rotatable bonds is 1. The van der Waals surface area contributed by atoms with Crippen LogP contribution in [-0.2, 0) is 0 Å². The summed E-state index contributed by atoms with van der Waals surface area (Å²) in [6, 6.07) is 4.17. The first kappa shape index (κ1) is 10.9. The number of pyridine rings is 1. The number of piperidine rings is 1. The summed E-state index contributed by atoms with van der Waals surface area (Å²) in [5.41, 5.74) is 1.75. The maximum atomic E-state index is 9.18. The van der Waals surface area contributed by atoms with Gasteiger partial charge in [0, 0.05) is 19.3 Å². The maximum absolute atomic E-state index is 9.18. The first-order chi connectivity index (χ1) is 7.72. The molecule has 84 valence electrons. The Kier molecular flexibility index (Phi) is 3.09. The van der Waals surface area contributed by atoms with Crippen LogP contribution < -0.4 is 4.90 Å². The largest absolute Gasteiger partial charge is 0.355 e. The van der Waals surface area contributed by atoms with Gasteiger partial charge in [0.05, 0.1) is 5.56 Å². The van der Waals surface area contributed by atoms with E-state index in [1.165, 1.54) is 12.8 Å². The van der Waals surface area contributed by atoms with Gasteiger partial charge in [-0.15, -0.1) is 0 Å². The van der Waals surface area contributed by atoms with E-state index in [1.54, 1.807) is 6.20 Å². The molecule has 0 aromatic carbocycles. The molecule has 0 aliphatic carbocycles. The fourth-order valence-corrected chi connectivity index (χ4v) is 2.30. The van der Waals surface area contributed by atoms with Crippen LogP contribution in [-0.4, -0.2) is 18.1 Å². The van der Waals surface area contributed by atoms with Gasteiger partial charge in [-0.25, -0.2) is 4.98 Å². The van der Waals surface area contributed by atoms with Crippen molar-refractivity contribution in [2.45, 2.75) is 26.7 Å². The monoisotopic (exact) mass is 215 g/mol. The normalized spacial score (nSPS) is 20.6. The van der Waals surface area contributed by atoms with Gasteiger partial charge in [0.15, 0.2) is 0 Å². The first-order valence-electron chi connectivity index (χ1n) is 5.83. The Morgan fingerprint density at radius 1 is 1.56 bits per heavy atom. The van der Waals surface area contributed by atoms with E-state index in [9.17, 15) is 5.26 Å². The molecule has 0 bridgehead atoms. The number of nitriles is 1. The van der Waals surface area contributed by atoms with Crippen LogP contribution in [0.5, 0.6) is 0 Å². The maximum Gasteiger partial charge on any atom is 0.146 e. The lowest BCUT2D eigenvalue weighted by atomic mass is 9.99. The minimum atomic E-state index is 0.697. The summed E-state index contributed by atoms with van der Waals surface area (Å²) in [5.74, 6) is 1.57. The fourth-order valence-electron chi connectivity index (χ4n) is 2.30. The van der Waals surface area contributed by atoms with E-state index in [0.717, 1.165) is 30.0 Å². The van der Waals surface area contributed by atoms with Crippen LogP contribution in [0.1, 0.15) is 30.9 Å².